The van der Waals surface area contributed by atoms with Gasteiger partial charge in [-0.05, 0) is 6.42 Å². The van der Waals surface area contributed by atoms with Crippen LogP contribution in [-0.2, 0) is 11.3 Å². The number of nitrogens with zero attached hydrogens (tertiary/aromatic N) is 3. The first-order valence-electron chi connectivity index (χ1n) is 7.44. The third kappa shape index (κ3) is 3.93. The van der Waals surface area contributed by atoms with Gasteiger partial charge in [0.1, 0.15) is 0 Å². The molecule has 0 bridgehead atoms. The summed E-state index contributed by atoms with van der Waals surface area (Å²) in [5, 5.41) is 20.8. The van der Waals surface area contributed by atoms with Gasteiger partial charge in [-0.15, -0.1) is 0 Å². The second kappa shape index (κ2) is 7.34. The molecule has 2 heterocycles. The quantitative estimate of drug-likeness (QED) is 0.553. The zero-order chi connectivity index (χ0) is 17.0. The minimum absolute atomic E-state index is 0.0730. The molecule has 126 valence electrons. The van der Waals surface area contributed by atoms with Crippen LogP contribution in [0.25, 0.3) is 11.2 Å². The normalized spacial score (nSPS) is 11.6. The van der Waals surface area contributed by atoms with Gasteiger partial charge in [-0.3, -0.25) is 19.9 Å². The smallest absolute Gasteiger partial charge is 0.280 e. The van der Waals surface area contributed by atoms with Crippen LogP contribution in [0.1, 0.15) is 20.3 Å². The van der Waals surface area contributed by atoms with Crippen LogP contribution in [0.4, 0.5) is 5.95 Å². The number of aryl methyl sites for hydroxylation is 1. The standard InChI is InChI=1S/C14H21N5O4/c1-8(2)12(22)17-14-16-11-10(13(23)18-14)15-7-19(11)4-3-9(5-20)6-21/h7-9,20-21H,3-6H2,1-2H3,(H2,16,17,18,22,23). The second-order valence-corrected chi connectivity index (χ2v) is 5.69. The molecular weight excluding hydrogens is 302 g/mol. The van der Waals surface area contributed by atoms with E-state index in [4.69, 9.17) is 10.2 Å². The summed E-state index contributed by atoms with van der Waals surface area (Å²) in [5.74, 6) is -0.659. The van der Waals surface area contributed by atoms with Crippen LogP contribution in [0.3, 0.4) is 0 Å². The highest BCUT2D eigenvalue weighted by atomic mass is 16.3. The fourth-order valence-electron chi connectivity index (χ4n) is 2.00. The molecule has 9 heteroatoms. The van der Waals surface area contributed by atoms with E-state index in [2.05, 4.69) is 20.3 Å². The zero-order valence-corrected chi connectivity index (χ0v) is 13.1. The molecule has 1 amide bonds. The molecule has 0 aliphatic carbocycles. The number of amides is 1. The maximum absolute atomic E-state index is 12.0. The van der Waals surface area contributed by atoms with Gasteiger partial charge in [0.2, 0.25) is 11.9 Å². The van der Waals surface area contributed by atoms with Gasteiger partial charge in [-0.25, -0.2) is 4.98 Å². The molecule has 0 aliphatic rings. The lowest BCUT2D eigenvalue weighted by Crippen LogP contribution is -2.22. The van der Waals surface area contributed by atoms with Crippen molar-refractivity contribution in [3.8, 4) is 0 Å². The molecule has 2 aromatic heterocycles. The lowest BCUT2D eigenvalue weighted by molar-refractivity contribution is -0.118. The first kappa shape index (κ1) is 17.1. The Morgan fingerprint density at radius 1 is 1.39 bits per heavy atom. The van der Waals surface area contributed by atoms with Crippen LogP contribution < -0.4 is 10.9 Å². The monoisotopic (exact) mass is 323 g/mol. The summed E-state index contributed by atoms with van der Waals surface area (Å²) in [6, 6.07) is 0. The Balaban J connectivity index is 2.28. The number of nitrogens with one attached hydrogen (secondary N) is 2. The maximum Gasteiger partial charge on any atom is 0.280 e. The predicted octanol–water partition coefficient (Wildman–Crippen LogP) is -0.295. The van der Waals surface area contributed by atoms with E-state index >= 15 is 0 Å². The largest absolute Gasteiger partial charge is 0.396 e. The number of anilines is 1. The van der Waals surface area contributed by atoms with Crippen molar-refractivity contribution in [1.29, 1.82) is 0 Å². The molecule has 0 unspecified atom stereocenters. The molecule has 0 aliphatic heterocycles. The van der Waals surface area contributed by atoms with E-state index in [0.29, 0.717) is 18.6 Å². The van der Waals surface area contributed by atoms with E-state index in [1.165, 1.54) is 6.33 Å². The minimum Gasteiger partial charge on any atom is -0.396 e. The summed E-state index contributed by atoms with van der Waals surface area (Å²) in [6.07, 6.45) is 1.99. The molecule has 2 aromatic rings. The number of imidazole rings is 1. The maximum atomic E-state index is 12.0. The number of aromatic nitrogens is 4. The molecule has 0 spiro atoms. The van der Waals surface area contributed by atoms with Crippen molar-refractivity contribution >= 4 is 23.0 Å². The SMILES string of the molecule is CC(C)C(=O)Nc1nc2c(ncn2CCC(CO)CO)c(=O)[nH]1. The molecule has 0 atom stereocenters. The number of rotatable bonds is 7. The van der Waals surface area contributed by atoms with Crippen LogP contribution in [0.15, 0.2) is 11.1 Å². The number of hydrogen-bond donors (Lipinski definition) is 4. The topological polar surface area (TPSA) is 133 Å². The molecule has 0 fully saturated rings. The molecule has 4 N–H and O–H groups in total. The fourth-order valence-corrected chi connectivity index (χ4v) is 2.00. The number of fused-ring (bicyclic) bond motifs is 1. The highest BCUT2D eigenvalue weighted by Crippen LogP contribution is 2.11. The summed E-state index contributed by atoms with van der Waals surface area (Å²) in [7, 11) is 0. The molecule has 23 heavy (non-hydrogen) atoms. The van der Waals surface area contributed by atoms with Crippen LogP contribution in [0.2, 0.25) is 0 Å². The van der Waals surface area contributed by atoms with Crippen LogP contribution in [-0.4, -0.2) is 48.9 Å². The number of aliphatic hydroxyl groups excluding tert-OH is 2. The Morgan fingerprint density at radius 3 is 2.70 bits per heavy atom. The number of H-pyrrole nitrogens is 1. The Morgan fingerprint density at radius 2 is 2.09 bits per heavy atom. The number of carbonyl (C=O) groups excluding carboxylic acids is 1. The van der Waals surface area contributed by atoms with Gasteiger partial charge >= 0.3 is 0 Å². The summed E-state index contributed by atoms with van der Waals surface area (Å²) >= 11 is 0. The van der Waals surface area contributed by atoms with Gasteiger partial charge in [0.05, 0.1) is 6.33 Å². The van der Waals surface area contributed by atoms with E-state index in [1.54, 1.807) is 18.4 Å². The lowest BCUT2D eigenvalue weighted by Gasteiger charge is -2.11. The number of carbonyl (C=O) groups is 1. The molecule has 0 saturated heterocycles. The summed E-state index contributed by atoms with van der Waals surface area (Å²) in [4.78, 5) is 34.5. The molecule has 0 aromatic carbocycles. The first-order valence-corrected chi connectivity index (χ1v) is 7.44. The van der Waals surface area contributed by atoms with Gasteiger partial charge in [-0.1, -0.05) is 13.8 Å². The average Bonchev–Trinajstić information content (AvgIpc) is 2.92. The van der Waals surface area contributed by atoms with Crippen molar-refractivity contribution in [2.24, 2.45) is 11.8 Å². The molecule has 2 rings (SSSR count). The lowest BCUT2D eigenvalue weighted by atomic mass is 10.1. The summed E-state index contributed by atoms with van der Waals surface area (Å²) in [5.41, 5.74) is 0.0909. The van der Waals surface area contributed by atoms with Crippen molar-refractivity contribution in [2.75, 3.05) is 18.5 Å². The van der Waals surface area contributed by atoms with E-state index in [-0.39, 0.29) is 42.4 Å². The van der Waals surface area contributed by atoms with E-state index in [9.17, 15) is 9.59 Å². The number of aromatic amines is 1. The summed E-state index contributed by atoms with van der Waals surface area (Å²) in [6.45, 7) is 3.68. The van der Waals surface area contributed by atoms with Crippen molar-refractivity contribution in [2.45, 2.75) is 26.8 Å². The predicted molar refractivity (Wildman–Crippen MR) is 83.9 cm³/mol. The first-order chi connectivity index (χ1) is 11.0. The van der Waals surface area contributed by atoms with Crippen LogP contribution in [0.5, 0.6) is 0 Å². The van der Waals surface area contributed by atoms with Gasteiger partial charge in [-0.2, -0.15) is 4.98 Å². The molecular formula is C14H21N5O4. The highest BCUT2D eigenvalue weighted by Gasteiger charge is 2.14. The third-order valence-electron chi connectivity index (χ3n) is 3.54. The van der Waals surface area contributed by atoms with Gasteiger partial charge < -0.3 is 14.8 Å². The summed E-state index contributed by atoms with van der Waals surface area (Å²) < 4.78 is 1.66. The van der Waals surface area contributed by atoms with Gasteiger partial charge in [0, 0.05) is 31.6 Å². The highest BCUT2D eigenvalue weighted by molar-refractivity contribution is 5.91. The average molecular weight is 323 g/mol. The Hall–Kier alpha value is -2.26. The van der Waals surface area contributed by atoms with Crippen molar-refractivity contribution in [3.63, 3.8) is 0 Å². The molecule has 0 saturated carbocycles. The van der Waals surface area contributed by atoms with Gasteiger partial charge in [0.25, 0.3) is 5.56 Å². The Bertz CT molecular complexity index is 732. The van der Waals surface area contributed by atoms with Crippen molar-refractivity contribution < 1.29 is 15.0 Å². The van der Waals surface area contributed by atoms with E-state index < -0.39 is 5.56 Å². The minimum atomic E-state index is -0.436. The van der Waals surface area contributed by atoms with Crippen LogP contribution in [0, 0.1) is 11.8 Å². The van der Waals surface area contributed by atoms with E-state index in [1.807, 2.05) is 0 Å². The second-order valence-electron chi connectivity index (χ2n) is 5.69. The molecule has 0 radical (unpaired) electrons. The number of aliphatic hydroxyl groups is 2. The third-order valence-corrected chi connectivity index (χ3v) is 3.54. The fraction of sp³-hybridized carbons (Fsp3) is 0.571. The van der Waals surface area contributed by atoms with Crippen molar-refractivity contribution in [1.82, 2.24) is 19.5 Å². The Kier molecular flexibility index (Phi) is 5.45. The zero-order valence-electron chi connectivity index (χ0n) is 13.1. The van der Waals surface area contributed by atoms with Gasteiger partial charge in [0.15, 0.2) is 11.2 Å². The van der Waals surface area contributed by atoms with E-state index in [0.717, 1.165) is 0 Å². The number of hydrogen-bond acceptors (Lipinski definition) is 6. The Labute approximate surface area is 132 Å². The van der Waals surface area contributed by atoms with Crippen LogP contribution >= 0.6 is 0 Å². The van der Waals surface area contributed by atoms with Crippen molar-refractivity contribution in [3.05, 3.63) is 16.7 Å². The molecule has 9 nitrogen and oxygen atoms in total.